The maximum atomic E-state index is 13.6. The zero-order valence-corrected chi connectivity index (χ0v) is 15.5. The zero-order chi connectivity index (χ0) is 18.5. The second kappa shape index (κ2) is 8.38. The Balaban J connectivity index is 1.56. The zero-order valence-electron chi connectivity index (χ0n) is 13.9. The van der Waals surface area contributed by atoms with E-state index in [1.807, 2.05) is 12.1 Å². The first-order valence-electron chi connectivity index (χ1n) is 7.90. The van der Waals surface area contributed by atoms with Crippen LogP contribution in [0.5, 0.6) is 0 Å². The van der Waals surface area contributed by atoms with Crippen molar-refractivity contribution >= 4 is 35.0 Å². The number of anilines is 1. The standard InChI is InChI=1S/C19H16ClFN2O2S/c1-12(18(24)23-17-5-3-2-4-16(17)21)26-11-15-10-25-19(22-15)13-6-8-14(20)9-7-13/h2-10,12H,11H2,1H3,(H,23,24). The number of rotatable bonds is 6. The summed E-state index contributed by atoms with van der Waals surface area (Å²) in [4.78, 5) is 16.6. The average Bonchev–Trinajstić information content (AvgIpc) is 3.11. The summed E-state index contributed by atoms with van der Waals surface area (Å²) in [5.41, 5.74) is 1.73. The third kappa shape index (κ3) is 4.65. The van der Waals surface area contributed by atoms with Gasteiger partial charge in [-0.2, -0.15) is 0 Å². The smallest absolute Gasteiger partial charge is 0.237 e. The van der Waals surface area contributed by atoms with Crippen molar-refractivity contribution in [1.29, 1.82) is 0 Å². The molecule has 0 bridgehead atoms. The fraction of sp³-hybridized carbons (Fsp3) is 0.158. The highest BCUT2D eigenvalue weighted by Crippen LogP contribution is 2.24. The molecular weight excluding hydrogens is 375 g/mol. The van der Waals surface area contributed by atoms with E-state index in [0.717, 1.165) is 11.3 Å². The van der Waals surface area contributed by atoms with Gasteiger partial charge < -0.3 is 9.73 Å². The first kappa shape index (κ1) is 18.5. The third-order valence-electron chi connectivity index (χ3n) is 3.63. The van der Waals surface area contributed by atoms with E-state index < -0.39 is 5.82 Å². The van der Waals surface area contributed by atoms with E-state index in [9.17, 15) is 9.18 Å². The Morgan fingerprint density at radius 2 is 2.00 bits per heavy atom. The predicted octanol–water partition coefficient (Wildman–Crippen LogP) is 5.39. The molecule has 3 rings (SSSR count). The highest BCUT2D eigenvalue weighted by Gasteiger charge is 2.16. The van der Waals surface area contributed by atoms with Crippen LogP contribution in [0.4, 0.5) is 10.1 Å². The number of nitrogens with zero attached hydrogens (tertiary/aromatic N) is 1. The highest BCUT2D eigenvalue weighted by molar-refractivity contribution is 7.99. The Bertz CT molecular complexity index is 899. The number of para-hydroxylation sites is 1. The number of oxazole rings is 1. The summed E-state index contributed by atoms with van der Waals surface area (Å²) in [5, 5.41) is 2.87. The van der Waals surface area contributed by atoms with Crippen LogP contribution >= 0.6 is 23.4 Å². The summed E-state index contributed by atoms with van der Waals surface area (Å²) in [6.07, 6.45) is 1.57. The molecule has 0 aliphatic carbocycles. The van der Waals surface area contributed by atoms with Crippen LogP contribution in [-0.2, 0) is 10.5 Å². The number of nitrogens with one attached hydrogen (secondary N) is 1. The van der Waals surface area contributed by atoms with Crippen molar-refractivity contribution in [2.24, 2.45) is 0 Å². The van der Waals surface area contributed by atoms with Crippen LogP contribution in [0, 0.1) is 5.82 Å². The molecule has 2 aromatic carbocycles. The molecule has 1 aromatic heterocycles. The number of halogens is 2. The molecule has 4 nitrogen and oxygen atoms in total. The molecule has 3 aromatic rings. The molecule has 1 atom stereocenters. The van der Waals surface area contributed by atoms with E-state index in [1.54, 1.807) is 37.5 Å². The third-order valence-corrected chi connectivity index (χ3v) is 5.05. The second-order valence-corrected chi connectivity index (χ2v) is 7.34. The summed E-state index contributed by atoms with van der Waals surface area (Å²) in [7, 11) is 0. The van der Waals surface area contributed by atoms with Gasteiger partial charge in [0.1, 0.15) is 12.1 Å². The molecule has 0 saturated carbocycles. The van der Waals surface area contributed by atoms with E-state index in [2.05, 4.69) is 10.3 Å². The molecule has 0 fully saturated rings. The Morgan fingerprint density at radius 3 is 2.73 bits per heavy atom. The van der Waals surface area contributed by atoms with Crippen molar-refractivity contribution in [2.45, 2.75) is 17.9 Å². The van der Waals surface area contributed by atoms with Crippen molar-refractivity contribution in [3.8, 4) is 11.5 Å². The average molecular weight is 391 g/mol. The number of carbonyl (C=O) groups is 1. The molecule has 0 saturated heterocycles. The maximum Gasteiger partial charge on any atom is 0.237 e. The summed E-state index contributed by atoms with van der Waals surface area (Å²) in [6.45, 7) is 1.76. The quantitative estimate of drug-likeness (QED) is 0.612. The van der Waals surface area contributed by atoms with Gasteiger partial charge in [-0.1, -0.05) is 23.7 Å². The number of carbonyl (C=O) groups excluding carboxylic acids is 1. The fourth-order valence-corrected chi connectivity index (χ4v) is 3.07. The van der Waals surface area contributed by atoms with Gasteiger partial charge in [-0.25, -0.2) is 9.37 Å². The SMILES string of the molecule is CC(SCc1coc(-c2ccc(Cl)cc2)n1)C(=O)Nc1ccccc1F. The van der Waals surface area contributed by atoms with E-state index in [4.69, 9.17) is 16.0 Å². The molecule has 0 aliphatic heterocycles. The highest BCUT2D eigenvalue weighted by atomic mass is 35.5. The van der Waals surface area contributed by atoms with Gasteiger partial charge in [0.05, 0.1) is 16.6 Å². The van der Waals surface area contributed by atoms with Gasteiger partial charge in [-0.3, -0.25) is 4.79 Å². The minimum absolute atomic E-state index is 0.177. The minimum atomic E-state index is -0.456. The molecule has 1 N–H and O–H groups in total. The van der Waals surface area contributed by atoms with Crippen molar-refractivity contribution in [3.05, 3.63) is 71.3 Å². The van der Waals surface area contributed by atoms with Crippen LogP contribution in [0.3, 0.4) is 0 Å². The lowest BCUT2D eigenvalue weighted by Crippen LogP contribution is -2.23. The largest absolute Gasteiger partial charge is 0.444 e. The van der Waals surface area contributed by atoms with Crippen molar-refractivity contribution in [2.75, 3.05) is 5.32 Å². The Kier molecular flexibility index (Phi) is 5.96. The van der Waals surface area contributed by atoms with Gasteiger partial charge in [0.2, 0.25) is 11.8 Å². The normalized spacial score (nSPS) is 12.0. The molecule has 0 spiro atoms. The van der Waals surface area contributed by atoms with Crippen molar-refractivity contribution < 1.29 is 13.6 Å². The van der Waals surface area contributed by atoms with Gasteiger partial charge in [0.25, 0.3) is 0 Å². The molecule has 0 radical (unpaired) electrons. The van der Waals surface area contributed by atoms with Crippen LogP contribution in [0.1, 0.15) is 12.6 Å². The lowest BCUT2D eigenvalue weighted by molar-refractivity contribution is -0.115. The van der Waals surface area contributed by atoms with Crippen molar-refractivity contribution in [3.63, 3.8) is 0 Å². The Labute approximate surface area is 159 Å². The first-order valence-corrected chi connectivity index (χ1v) is 9.33. The van der Waals surface area contributed by atoms with Gasteiger partial charge in [0, 0.05) is 16.3 Å². The number of amides is 1. The summed E-state index contributed by atoms with van der Waals surface area (Å²) in [6, 6.07) is 13.3. The van der Waals surface area contributed by atoms with E-state index >= 15 is 0 Å². The summed E-state index contributed by atoms with van der Waals surface area (Å²) < 4.78 is 19.1. The van der Waals surface area contributed by atoms with Gasteiger partial charge in [-0.05, 0) is 43.3 Å². The minimum Gasteiger partial charge on any atom is -0.444 e. The fourth-order valence-electron chi connectivity index (χ4n) is 2.18. The van der Waals surface area contributed by atoms with Crippen LogP contribution in [0.2, 0.25) is 5.02 Å². The Hall–Kier alpha value is -2.31. The lowest BCUT2D eigenvalue weighted by Gasteiger charge is -2.11. The number of hydrogen-bond donors (Lipinski definition) is 1. The molecule has 1 unspecified atom stereocenters. The van der Waals surface area contributed by atoms with E-state index in [-0.39, 0.29) is 16.8 Å². The number of hydrogen-bond acceptors (Lipinski definition) is 4. The van der Waals surface area contributed by atoms with E-state index in [1.165, 1.54) is 23.9 Å². The van der Waals surface area contributed by atoms with E-state index in [0.29, 0.717) is 16.7 Å². The maximum absolute atomic E-state index is 13.6. The van der Waals surface area contributed by atoms with Gasteiger partial charge in [0.15, 0.2) is 0 Å². The second-order valence-electron chi connectivity index (χ2n) is 5.57. The van der Waals surface area contributed by atoms with Crippen LogP contribution in [0.25, 0.3) is 11.5 Å². The first-order chi connectivity index (χ1) is 12.5. The molecular formula is C19H16ClFN2O2S. The van der Waals surface area contributed by atoms with Gasteiger partial charge in [-0.15, -0.1) is 11.8 Å². The monoisotopic (exact) mass is 390 g/mol. The molecule has 26 heavy (non-hydrogen) atoms. The number of aromatic nitrogens is 1. The predicted molar refractivity (Wildman–Crippen MR) is 103 cm³/mol. The topological polar surface area (TPSA) is 55.1 Å². The number of benzene rings is 2. The van der Waals surface area contributed by atoms with Crippen LogP contribution in [-0.4, -0.2) is 16.1 Å². The molecule has 1 amide bonds. The molecule has 1 heterocycles. The van der Waals surface area contributed by atoms with Crippen LogP contribution < -0.4 is 5.32 Å². The van der Waals surface area contributed by atoms with Crippen molar-refractivity contribution in [1.82, 2.24) is 4.98 Å². The number of thioether (sulfide) groups is 1. The molecule has 7 heteroatoms. The van der Waals surface area contributed by atoms with Gasteiger partial charge >= 0.3 is 0 Å². The Morgan fingerprint density at radius 1 is 1.27 bits per heavy atom. The molecule has 134 valence electrons. The lowest BCUT2D eigenvalue weighted by atomic mass is 10.2. The summed E-state index contributed by atoms with van der Waals surface area (Å²) in [5.74, 6) is 0.285. The van der Waals surface area contributed by atoms with Crippen LogP contribution in [0.15, 0.2) is 59.2 Å². The molecule has 0 aliphatic rings. The summed E-state index contributed by atoms with van der Waals surface area (Å²) >= 11 is 7.27.